The van der Waals surface area contributed by atoms with Crippen LogP contribution in [0.3, 0.4) is 0 Å². The van der Waals surface area contributed by atoms with Gasteiger partial charge in [0, 0.05) is 6.04 Å². The van der Waals surface area contributed by atoms with Crippen molar-refractivity contribution in [3.63, 3.8) is 0 Å². The first-order valence-corrected chi connectivity index (χ1v) is 9.60. The zero-order valence-electron chi connectivity index (χ0n) is 14.9. The Kier molecular flexibility index (Phi) is 5.17. The van der Waals surface area contributed by atoms with E-state index in [-0.39, 0.29) is 0 Å². The van der Waals surface area contributed by atoms with Gasteiger partial charge in [-0.15, -0.1) is 0 Å². The molecule has 2 aromatic rings. The van der Waals surface area contributed by atoms with Crippen LogP contribution in [0.15, 0.2) is 60.2 Å². The molecule has 0 amide bonds. The Bertz CT molecular complexity index is 701. The van der Waals surface area contributed by atoms with Crippen molar-refractivity contribution in [2.45, 2.75) is 44.8 Å². The molecule has 0 radical (unpaired) electrons. The molecular weight excluding hydrogens is 306 g/mol. The number of hydrogen-bond acceptors (Lipinski definition) is 2. The van der Waals surface area contributed by atoms with Crippen LogP contribution in [0.5, 0.6) is 5.75 Å². The van der Waals surface area contributed by atoms with E-state index >= 15 is 0 Å². The molecule has 2 aliphatic rings. The van der Waals surface area contributed by atoms with Crippen LogP contribution in [0, 0.1) is 0 Å². The van der Waals surface area contributed by atoms with Crippen LogP contribution in [0.25, 0.3) is 6.08 Å². The van der Waals surface area contributed by atoms with E-state index in [4.69, 9.17) is 4.74 Å². The van der Waals surface area contributed by atoms with Crippen molar-refractivity contribution in [3.05, 3.63) is 71.3 Å². The highest BCUT2D eigenvalue weighted by Crippen LogP contribution is 2.32. The second kappa shape index (κ2) is 7.88. The number of ether oxygens (including phenoxy) is 1. The maximum atomic E-state index is 5.89. The van der Waals surface area contributed by atoms with Crippen LogP contribution in [-0.4, -0.2) is 24.0 Å². The number of benzene rings is 2. The van der Waals surface area contributed by atoms with Gasteiger partial charge in [-0.2, -0.15) is 0 Å². The Labute approximate surface area is 151 Å². The van der Waals surface area contributed by atoms with Crippen molar-refractivity contribution >= 4 is 6.08 Å². The maximum Gasteiger partial charge on any atom is 0.119 e. The molecule has 2 fully saturated rings. The average Bonchev–Trinajstić information content (AvgIpc) is 2.62. The van der Waals surface area contributed by atoms with E-state index in [0.29, 0.717) is 12.6 Å². The van der Waals surface area contributed by atoms with Gasteiger partial charge in [-0.1, -0.05) is 60.5 Å². The summed E-state index contributed by atoms with van der Waals surface area (Å²) in [5.74, 6) is 0.939. The van der Waals surface area contributed by atoms with E-state index in [9.17, 15) is 0 Å². The van der Waals surface area contributed by atoms with Crippen LogP contribution in [0.2, 0.25) is 0 Å². The topological polar surface area (TPSA) is 12.5 Å². The third kappa shape index (κ3) is 4.13. The molecule has 0 bridgehead atoms. The zero-order valence-corrected chi connectivity index (χ0v) is 14.9. The van der Waals surface area contributed by atoms with E-state index in [1.807, 2.05) is 18.2 Å². The predicted molar refractivity (Wildman–Crippen MR) is 104 cm³/mol. The molecule has 1 heterocycles. The Morgan fingerprint density at radius 2 is 1.72 bits per heavy atom. The summed E-state index contributed by atoms with van der Waals surface area (Å²) in [6.45, 7) is 3.20. The highest BCUT2D eigenvalue weighted by Gasteiger charge is 2.28. The lowest BCUT2D eigenvalue weighted by Gasteiger charge is -2.42. The first kappa shape index (κ1) is 16.4. The molecule has 130 valence electrons. The average molecular weight is 333 g/mol. The summed E-state index contributed by atoms with van der Waals surface area (Å²) in [4.78, 5) is 2.66. The lowest BCUT2D eigenvalue weighted by Crippen LogP contribution is -2.46. The van der Waals surface area contributed by atoms with Crippen molar-refractivity contribution in [1.82, 2.24) is 4.90 Å². The minimum Gasteiger partial charge on any atom is -0.489 e. The van der Waals surface area contributed by atoms with Gasteiger partial charge in [-0.3, -0.25) is 4.90 Å². The molecule has 2 aromatic carbocycles. The van der Waals surface area contributed by atoms with Gasteiger partial charge in [0.1, 0.15) is 12.4 Å². The Hall–Kier alpha value is -2.06. The van der Waals surface area contributed by atoms with E-state index in [1.165, 1.54) is 56.3 Å². The summed E-state index contributed by atoms with van der Waals surface area (Å²) in [6, 6.07) is 19.6. The molecule has 2 nitrogen and oxygen atoms in total. The van der Waals surface area contributed by atoms with Gasteiger partial charge in [0.2, 0.25) is 0 Å². The lowest BCUT2D eigenvalue weighted by molar-refractivity contribution is 0.121. The molecule has 0 spiro atoms. The summed E-state index contributed by atoms with van der Waals surface area (Å²) in [5, 5.41) is 0. The Morgan fingerprint density at radius 3 is 2.44 bits per heavy atom. The highest BCUT2D eigenvalue weighted by atomic mass is 16.5. The van der Waals surface area contributed by atoms with E-state index in [2.05, 4.69) is 47.4 Å². The number of rotatable bonds is 5. The normalized spacial score (nSPS) is 22.6. The molecule has 1 atom stereocenters. The van der Waals surface area contributed by atoms with Crippen molar-refractivity contribution in [2.24, 2.45) is 0 Å². The first-order valence-electron chi connectivity index (χ1n) is 9.60. The summed E-state index contributed by atoms with van der Waals surface area (Å²) >= 11 is 0. The molecule has 0 N–H and O–H groups in total. The third-order valence-corrected chi connectivity index (χ3v) is 5.43. The van der Waals surface area contributed by atoms with Crippen molar-refractivity contribution in [3.8, 4) is 5.75 Å². The second-order valence-corrected chi connectivity index (χ2v) is 7.21. The molecular formula is C23H27NO. The van der Waals surface area contributed by atoms with Gasteiger partial charge in [0.05, 0.1) is 0 Å². The molecule has 1 unspecified atom stereocenters. The quantitative estimate of drug-likeness (QED) is 0.736. The van der Waals surface area contributed by atoms with Crippen LogP contribution >= 0.6 is 0 Å². The molecule has 25 heavy (non-hydrogen) atoms. The molecule has 2 heteroatoms. The lowest BCUT2D eigenvalue weighted by atomic mass is 9.86. The van der Waals surface area contributed by atoms with Crippen LogP contribution in [0.4, 0.5) is 0 Å². The fourth-order valence-electron chi connectivity index (χ4n) is 3.87. The van der Waals surface area contributed by atoms with Crippen molar-refractivity contribution in [2.75, 3.05) is 13.1 Å². The van der Waals surface area contributed by atoms with Gasteiger partial charge in [-0.05, 0) is 62.0 Å². The van der Waals surface area contributed by atoms with Gasteiger partial charge in [0.25, 0.3) is 0 Å². The summed E-state index contributed by atoms with van der Waals surface area (Å²) in [5.41, 5.74) is 4.13. The Balaban J connectivity index is 1.40. The second-order valence-electron chi connectivity index (χ2n) is 7.21. The summed E-state index contributed by atoms with van der Waals surface area (Å²) < 4.78 is 5.89. The SMILES string of the molecule is C(=C1\CCCCC1N1CCC1)/c1ccc(OCc2ccccc2)cc1. The highest BCUT2D eigenvalue weighted by molar-refractivity contribution is 5.55. The maximum absolute atomic E-state index is 5.89. The number of likely N-dealkylation sites (tertiary alicyclic amines) is 1. The third-order valence-electron chi connectivity index (χ3n) is 5.43. The fraction of sp³-hybridized carbons (Fsp3) is 0.391. The largest absolute Gasteiger partial charge is 0.489 e. The van der Waals surface area contributed by atoms with Crippen LogP contribution < -0.4 is 4.74 Å². The Morgan fingerprint density at radius 1 is 0.920 bits per heavy atom. The van der Waals surface area contributed by atoms with Crippen molar-refractivity contribution in [1.29, 1.82) is 0 Å². The van der Waals surface area contributed by atoms with Crippen molar-refractivity contribution < 1.29 is 4.74 Å². The minimum atomic E-state index is 0.623. The number of hydrogen-bond donors (Lipinski definition) is 0. The molecule has 0 aromatic heterocycles. The minimum absolute atomic E-state index is 0.623. The van der Waals surface area contributed by atoms with E-state index in [0.717, 1.165) is 5.75 Å². The van der Waals surface area contributed by atoms with Crippen LogP contribution in [-0.2, 0) is 6.61 Å². The summed E-state index contributed by atoms with van der Waals surface area (Å²) in [7, 11) is 0. The fourth-order valence-corrected chi connectivity index (χ4v) is 3.87. The smallest absolute Gasteiger partial charge is 0.119 e. The molecule has 1 saturated carbocycles. The molecule has 1 aliphatic heterocycles. The zero-order chi connectivity index (χ0) is 16.9. The molecule has 1 saturated heterocycles. The monoisotopic (exact) mass is 333 g/mol. The van der Waals surface area contributed by atoms with Gasteiger partial charge in [-0.25, -0.2) is 0 Å². The van der Waals surface area contributed by atoms with E-state index < -0.39 is 0 Å². The van der Waals surface area contributed by atoms with Gasteiger partial charge < -0.3 is 4.74 Å². The van der Waals surface area contributed by atoms with Gasteiger partial charge >= 0.3 is 0 Å². The van der Waals surface area contributed by atoms with Gasteiger partial charge in [0.15, 0.2) is 0 Å². The van der Waals surface area contributed by atoms with E-state index in [1.54, 1.807) is 5.57 Å². The van der Waals surface area contributed by atoms with Crippen LogP contribution in [0.1, 0.15) is 43.2 Å². The summed E-state index contributed by atoms with van der Waals surface area (Å²) in [6.07, 6.45) is 9.11. The number of nitrogens with zero attached hydrogens (tertiary/aromatic N) is 1. The molecule has 4 rings (SSSR count). The molecule has 1 aliphatic carbocycles. The predicted octanol–water partition coefficient (Wildman–Crippen LogP) is 5.30. The standard InChI is InChI=1S/C23H27NO/c1-2-7-20(8-3-1)18-25-22-13-11-19(12-14-22)17-21-9-4-5-10-23(21)24-15-6-16-24/h1-3,7-8,11-14,17,23H,4-6,9-10,15-16,18H2/b21-17-. The first-order chi connectivity index (χ1) is 12.4.